The van der Waals surface area contributed by atoms with Gasteiger partial charge in [-0.3, -0.25) is 0 Å². The van der Waals surface area contributed by atoms with Crippen LogP contribution in [0.25, 0.3) is 0 Å². The second kappa shape index (κ2) is 7.45. The van der Waals surface area contributed by atoms with Gasteiger partial charge in [-0.05, 0) is 32.5 Å². The van der Waals surface area contributed by atoms with Gasteiger partial charge < -0.3 is 10.0 Å². The van der Waals surface area contributed by atoms with Gasteiger partial charge in [-0.15, -0.1) is 16.9 Å². The molecule has 1 heterocycles. The normalized spacial score (nSPS) is 11.0. The zero-order valence-electron chi connectivity index (χ0n) is 11.9. The molecule has 1 N–H and O–H groups in total. The maximum atomic E-state index is 11.5. The van der Waals surface area contributed by atoms with Gasteiger partial charge in [-0.1, -0.05) is 13.8 Å². The Labute approximate surface area is 118 Å². The largest absolute Gasteiger partial charge is 0.478 e. The van der Waals surface area contributed by atoms with Crippen molar-refractivity contribution in [2.75, 3.05) is 26.4 Å². The molecular weight excluding hydrogens is 262 g/mol. The van der Waals surface area contributed by atoms with E-state index in [4.69, 9.17) is 0 Å². The fourth-order valence-corrected chi connectivity index (χ4v) is 2.90. The van der Waals surface area contributed by atoms with Crippen molar-refractivity contribution >= 4 is 17.7 Å². The second-order valence-corrected chi connectivity index (χ2v) is 5.55. The van der Waals surface area contributed by atoms with Gasteiger partial charge in [-0.25, -0.2) is 4.79 Å². The first kappa shape index (κ1) is 15.9. The summed E-state index contributed by atoms with van der Waals surface area (Å²) in [6.07, 6.45) is 1.38. The van der Waals surface area contributed by atoms with Crippen molar-refractivity contribution in [2.45, 2.75) is 31.7 Å². The summed E-state index contributed by atoms with van der Waals surface area (Å²) in [7, 11) is 3.98. The third-order valence-electron chi connectivity index (χ3n) is 2.81. The monoisotopic (exact) mass is 283 g/mol. The lowest BCUT2D eigenvalue weighted by Crippen LogP contribution is -2.16. The molecule has 0 saturated heterocycles. The summed E-state index contributed by atoms with van der Waals surface area (Å²) in [4.78, 5) is 13.5. The SMILES string of the molecule is CCc1nnc(SCCN(C)C)c(C(=O)O)c1CC. The van der Waals surface area contributed by atoms with E-state index in [1.165, 1.54) is 11.8 Å². The van der Waals surface area contributed by atoms with Crippen LogP contribution in [0.3, 0.4) is 0 Å². The molecule has 0 spiro atoms. The van der Waals surface area contributed by atoms with Crippen LogP contribution >= 0.6 is 11.8 Å². The zero-order chi connectivity index (χ0) is 14.4. The summed E-state index contributed by atoms with van der Waals surface area (Å²) in [6, 6.07) is 0. The van der Waals surface area contributed by atoms with Crippen LogP contribution in [0.5, 0.6) is 0 Å². The molecule has 0 bridgehead atoms. The molecule has 106 valence electrons. The molecular formula is C13H21N3O2S. The van der Waals surface area contributed by atoms with Crippen molar-refractivity contribution in [3.05, 3.63) is 16.8 Å². The average Bonchev–Trinajstić information content (AvgIpc) is 2.37. The number of aromatic carboxylic acids is 1. The van der Waals surface area contributed by atoms with Crippen molar-refractivity contribution in [3.8, 4) is 0 Å². The molecule has 1 aromatic rings. The molecule has 0 radical (unpaired) electrons. The van der Waals surface area contributed by atoms with E-state index in [1.807, 2.05) is 27.9 Å². The molecule has 1 rings (SSSR count). The van der Waals surface area contributed by atoms with E-state index in [9.17, 15) is 9.90 Å². The van der Waals surface area contributed by atoms with Gasteiger partial charge in [0.25, 0.3) is 0 Å². The summed E-state index contributed by atoms with van der Waals surface area (Å²) < 4.78 is 0. The Bertz CT molecular complexity index is 450. The zero-order valence-corrected chi connectivity index (χ0v) is 12.8. The molecule has 0 saturated carbocycles. The highest BCUT2D eigenvalue weighted by Gasteiger charge is 2.20. The van der Waals surface area contributed by atoms with Crippen LogP contribution in [0.1, 0.15) is 35.5 Å². The summed E-state index contributed by atoms with van der Waals surface area (Å²) in [6.45, 7) is 4.80. The first-order valence-electron chi connectivity index (χ1n) is 6.40. The summed E-state index contributed by atoms with van der Waals surface area (Å²) >= 11 is 1.46. The lowest BCUT2D eigenvalue weighted by molar-refractivity contribution is 0.0690. The highest BCUT2D eigenvalue weighted by atomic mass is 32.2. The molecule has 0 amide bonds. The van der Waals surface area contributed by atoms with Crippen molar-refractivity contribution in [3.63, 3.8) is 0 Å². The number of carbonyl (C=O) groups is 1. The van der Waals surface area contributed by atoms with Crippen molar-refractivity contribution < 1.29 is 9.90 Å². The topological polar surface area (TPSA) is 66.3 Å². The Morgan fingerprint density at radius 2 is 1.95 bits per heavy atom. The van der Waals surface area contributed by atoms with Gasteiger partial charge in [0.05, 0.1) is 11.3 Å². The first-order valence-corrected chi connectivity index (χ1v) is 7.39. The van der Waals surface area contributed by atoms with Crippen LogP contribution in [-0.4, -0.2) is 52.6 Å². The van der Waals surface area contributed by atoms with E-state index in [2.05, 4.69) is 15.1 Å². The molecule has 0 aliphatic carbocycles. The minimum Gasteiger partial charge on any atom is -0.478 e. The molecule has 1 aromatic heterocycles. The van der Waals surface area contributed by atoms with Gasteiger partial charge >= 0.3 is 5.97 Å². The van der Waals surface area contributed by atoms with Crippen LogP contribution in [-0.2, 0) is 12.8 Å². The van der Waals surface area contributed by atoms with Crippen LogP contribution < -0.4 is 0 Å². The smallest absolute Gasteiger partial charge is 0.338 e. The fraction of sp³-hybridized carbons (Fsp3) is 0.615. The van der Waals surface area contributed by atoms with E-state index < -0.39 is 5.97 Å². The number of hydrogen-bond acceptors (Lipinski definition) is 5. The summed E-state index contributed by atoms with van der Waals surface area (Å²) in [5.74, 6) is -0.106. The Morgan fingerprint density at radius 1 is 1.26 bits per heavy atom. The molecule has 0 fully saturated rings. The molecule has 19 heavy (non-hydrogen) atoms. The van der Waals surface area contributed by atoms with Crippen LogP contribution in [0.4, 0.5) is 0 Å². The highest BCUT2D eigenvalue weighted by Crippen LogP contribution is 2.25. The minimum absolute atomic E-state index is 0.332. The lowest BCUT2D eigenvalue weighted by Gasteiger charge is -2.13. The molecule has 0 aliphatic rings. The quantitative estimate of drug-likeness (QED) is 0.772. The van der Waals surface area contributed by atoms with E-state index >= 15 is 0 Å². The lowest BCUT2D eigenvalue weighted by atomic mass is 10.0. The Balaban J connectivity index is 3.06. The van der Waals surface area contributed by atoms with Crippen molar-refractivity contribution in [1.29, 1.82) is 0 Å². The summed E-state index contributed by atoms with van der Waals surface area (Å²) in [5.41, 5.74) is 1.94. The Kier molecular flexibility index (Phi) is 6.24. The number of thioether (sulfide) groups is 1. The number of aryl methyl sites for hydroxylation is 1. The summed E-state index contributed by atoms with van der Waals surface area (Å²) in [5, 5.41) is 18.2. The third-order valence-corrected chi connectivity index (χ3v) is 3.75. The first-order chi connectivity index (χ1) is 9.01. The van der Waals surface area contributed by atoms with Gasteiger partial charge in [0, 0.05) is 12.3 Å². The molecule has 6 heteroatoms. The number of nitrogens with zero attached hydrogens (tertiary/aromatic N) is 3. The van der Waals surface area contributed by atoms with Gasteiger partial charge in [0.15, 0.2) is 0 Å². The van der Waals surface area contributed by atoms with E-state index in [0.717, 1.165) is 23.6 Å². The predicted molar refractivity (Wildman–Crippen MR) is 77.0 cm³/mol. The molecule has 5 nitrogen and oxygen atoms in total. The molecule has 0 unspecified atom stereocenters. The van der Waals surface area contributed by atoms with Crippen molar-refractivity contribution in [2.24, 2.45) is 0 Å². The fourth-order valence-electron chi connectivity index (χ4n) is 1.80. The van der Waals surface area contributed by atoms with E-state index in [0.29, 0.717) is 23.4 Å². The molecule has 0 atom stereocenters. The standard InChI is InChI=1S/C13H21N3O2S/c1-5-9-10(6-2)14-15-12(11(9)13(17)18)19-8-7-16(3)4/h5-8H2,1-4H3,(H,17,18). The second-order valence-electron chi connectivity index (χ2n) is 4.47. The minimum atomic E-state index is -0.909. The van der Waals surface area contributed by atoms with Crippen LogP contribution in [0, 0.1) is 0 Å². The maximum Gasteiger partial charge on any atom is 0.338 e. The van der Waals surface area contributed by atoms with Crippen molar-refractivity contribution in [1.82, 2.24) is 15.1 Å². The van der Waals surface area contributed by atoms with E-state index in [-0.39, 0.29) is 0 Å². The average molecular weight is 283 g/mol. The number of rotatable bonds is 7. The Hall–Kier alpha value is -1.14. The van der Waals surface area contributed by atoms with Gasteiger partial charge in [0.2, 0.25) is 0 Å². The highest BCUT2D eigenvalue weighted by molar-refractivity contribution is 7.99. The number of carboxylic acids is 1. The Morgan fingerprint density at radius 3 is 2.42 bits per heavy atom. The number of carboxylic acid groups (broad SMARTS) is 1. The number of aromatic nitrogens is 2. The van der Waals surface area contributed by atoms with Crippen LogP contribution in [0.2, 0.25) is 0 Å². The van der Waals surface area contributed by atoms with Crippen LogP contribution in [0.15, 0.2) is 5.03 Å². The maximum absolute atomic E-state index is 11.5. The third kappa shape index (κ3) is 4.18. The van der Waals surface area contributed by atoms with Gasteiger partial charge in [0.1, 0.15) is 5.03 Å². The number of hydrogen-bond donors (Lipinski definition) is 1. The van der Waals surface area contributed by atoms with Gasteiger partial charge in [-0.2, -0.15) is 5.10 Å². The molecule has 0 aromatic carbocycles. The predicted octanol–water partition coefficient (Wildman–Crippen LogP) is 1.95. The van der Waals surface area contributed by atoms with E-state index in [1.54, 1.807) is 0 Å². The molecule has 0 aliphatic heterocycles.